The van der Waals surface area contributed by atoms with Gasteiger partial charge in [0.1, 0.15) is 11.5 Å². The van der Waals surface area contributed by atoms with Gasteiger partial charge in [-0.15, -0.1) is 0 Å². The van der Waals surface area contributed by atoms with Gasteiger partial charge in [0, 0.05) is 6.07 Å². The zero-order valence-corrected chi connectivity index (χ0v) is 7.19. The molecule has 0 unspecified atom stereocenters. The molecule has 0 aliphatic heterocycles. The van der Waals surface area contributed by atoms with E-state index >= 15 is 0 Å². The van der Waals surface area contributed by atoms with Crippen molar-refractivity contribution in [1.82, 2.24) is 0 Å². The number of phenolic OH excluding ortho intramolecular Hbond substituents is 1. The van der Waals surface area contributed by atoms with Gasteiger partial charge in [0.25, 0.3) is 0 Å². The topological polar surface area (TPSA) is 55.8 Å². The molecule has 0 saturated heterocycles. The Morgan fingerprint density at radius 3 is 2.92 bits per heavy atom. The molecule has 4 heteroatoms. The molecular formula is C9H10O4. The van der Waals surface area contributed by atoms with Gasteiger partial charge in [-0.1, -0.05) is 6.07 Å². The quantitative estimate of drug-likeness (QED) is 0.707. The summed E-state index contributed by atoms with van der Waals surface area (Å²) in [6, 6.07) is 6.21. The molecule has 1 N–H and O–H groups in total. The van der Waals surface area contributed by atoms with Crippen LogP contribution in [-0.4, -0.2) is 24.8 Å². The smallest absolute Gasteiger partial charge is 0.343 e. The number of methoxy groups -OCH3 is 1. The van der Waals surface area contributed by atoms with E-state index in [1.807, 2.05) is 0 Å². The molecule has 70 valence electrons. The second-order valence-electron chi connectivity index (χ2n) is 2.36. The van der Waals surface area contributed by atoms with Crippen molar-refractivity contribution in [3.63, 3.8) is 0 Å². The van der Waals surface area contributed by atoms with Gasteiger partial charge in [0.05, 0.1) is 7.11 Å². The molecular weight excluding hydrogens is 172 g/mol. The van der Waals surface area contributed by atoms with Crippen LogP contribution in [0, 0.1) is 0 Å². The molecule has 0 atom stereocenters. The maximum atomic E-state index is 10.7. The van der Waals surface area contributed by atoms with Crippen LogP contribution >= 0.6 is 0 Å². The Hall–Kier alpha value is -1.71. The van der Waals surface area contributed by atoms with Gasteiger partial charge in [-0.3, -0.25) is 0 Å². The molecule has 1 rings (SSSR count). The van der Waals surface area contributed by atoms with E-state index in [1.165, 1.54) is 19.2 Å². The second kappa shape index (κ2) is 4.35. The highest BCUT2D eigenvalue weighted by Gasteiger charge is 2.01. The molecule has 0 saturated carbocycles. The summed E-state index contributed by atoms with van der Waals surface area (Å²) >= 11 is 0. The monoisotopic (exact) mass is 182 g/mol. The second-order valence-corrected chi connectivity index (χ2v) is 2.36. The molecule has 0 radical (unpaired) electrons. The minimum Gasteiger partial charge on any atom is -0.508 e. The lowest BCUT2D eigenvalue weighted by molar-refractivity contribution is -0.142. The van der Waals surface area contributed by atoms with Crippen molar-refractivity contribution in [2.24, 2.45) is 0 Å². The van der Waals surface area contributed by atoms with Gasteiger partial charge in [-0.05, 0) is 12.1 Å². The summed E-state index contributed by atoms with van der Waals surface area (Å²) in [5.74, 6) is 0.0797. The van der Waals surface area contributed by atoms with Crippen LogP contribution in [0.5, 0.6) is 11.5 Å². The molecule has 0 amide bonds. The zero-order valence-electron chi connectivity index (χ0n) is 7.19. The first kappa shape index (κ1) is 9.38. The lowest BCUT2D eigenvalue weighted by Gasteiger charge is -2.03. The van der Waals surface area contributed by atoms with Gasteiger partial charge in [-0.2, -0.15) is 0 Å². The molecule has 0 bridgehead atoms. The van der Waals surface area contributed by atoms with Crippen LogP contribution in [0.15, 0.2) is 24.3 Å². The summed E-state index contributed by atoms with van der Waals surface area (Å²) in [6.45, 7) is -0.153. The molecule has 1 aromatic rings. The number of esters is 1. The van der Waals surface area contributed by atoms with Crippen molar-refractivity contribution < 1.29 is 19.4 Å². The molecule has 1 aromatic carbocycles. The summed E-state index contributed by atoms with van der Waals surface area (Å²) < 4.78 is 9.38. The van der Waals surface area contributed by atoms with E-state index < -0.39 is 5.97 Å². The lowest BCUT2D eigenvalue weighted by Crippen LogP contribution is -2.12. The molecule has 0 aromatic heterocycles. The predicted molar refractivity (Wildman–Crippen MR) is 45.6 cm³/mol. The number of hydrogen-bond donors (Lipinski definition) is 1. The minimum absolute atomic E-state index is 0.0994. The lowest BCUT2D eigenvalue weighted by atomic mass is 10.3. The summed E-state index contributed by atoms with van der Waals surface area (Å²) in [5, 5.41) is 9.04. The first-order valence-corrected chi connectivity index (χ1v) is 3.71. The number of hydrogen-bond acceptors (Lipinski definition) is 4. The van der Waals surface area contributed by atoms with Gasteiger partial charge in [-0.25, -0.2) is 4.79 Å². The van der Waals surface area contributed by atoms with Crippen LogP contribution in [-0.2, 0) is 9.53 Å². The Balaban J connectivity index is 2.50. The van der Waals surface area contributed by atoms with Gasteiger partial charge < -0.3 is 14.6 Å². The average Bonchev–Trinajstić information content (AvgIpc) is 2.14. The Bertz CT molecular complexity index is 295. The highest BCUT2D eigenvalue weighted by Crippen LogP contribution is 2.17. The van der Waals surface area contributed by atoms with E-state index in [2.05, 4.69) is 4.74 Å². The van der Waals surface area contributed by atoms with Crippen LogP contribution in [0.25, 0.3) is 0 Å². The Labute approximate surface area is 75.7 Å². The first-order chi connectivity index (χ1) is 6.22. The highest BCUT2D eigenvalue weighted by molar-refractivity contribution is 5.70. The number of benzene rings is 1. The average molecular weight is 182 g/mol. The van der Waals surface area contributed by atoms with E-state index in [-0.39, 0.29) is 12.4 Å². The predicted octanol–water partition coefficient (Wildman–Crippen LogP) is 0.944. The Morgan fingerprint density at radius 1 is 1.54 bits per heavy atom. The maximum Gasteiger partial charge on any atom is 0.343 e. The summed E-state index contributed by atoms with van der Waals surface area (Å²) in [5.41, 5.74) is 0. The molecule has 0 heterocycles. The fourth-order valence-electron chi connectivity index (χ4n) is 0.774. The SMILES string of the molecule is COC(=O)COc1cccc(O)c1. The molecule has 13 heavy (non-hydrogen) atoms. The Kier molecular flexibility index (Phi) is 3.14. The van der Waals surface area contributed by atoms with Crippen LogP contribution in [0.4, 0.5) is 0 Å². The third-order valence-electron chi connectivity index (χ3n) is 1.40. The first-order valence-electron chi connectivity index (χ1n) is 3.71. The molecule has 0 aliphatic carbocycles. The molecule has 0 fully saturated rings. The van der Waals surface area contributed by atoms with Gasteiger partial charge in [0.2, 0.25) is 0 Å². The van der Waals surface area contributed by atoms with Crippen LogP contribution < -0.4 is 4.74 Å². The van der Waals surface area contributed by atoms with E-state index in [1.54, 1.807) is 12.1 Å². The number of rotatable bonds is 3. The van der Waals surface area contributed by atoms with Crippen molar-refractivity contribution in [1.29, 1.82) is 0 Å². The molecule has 4 nitrogen and oxygen atoms in total. The van der Waals surface area contributed by atoms with Crippen molar-refractivity contribution in [3.8, 4) is 11.5 Å². The highest BCUT2D eigenvalue weighted by atomic mass is 16.6. The number of carbonyl (C=O) groups excluding carboxylic acids is 1. The van der Waals surface area contributed by atoms with Crippen molar-refractivity contribution in [2.45, 2.75) is 0 Å². The summed E-state index contributed by atoms with van der Waals surface area (Å²) in [4.78, 5) is 10.7. The Morgan fingerprint density at radius 2 is 2.31 bits per heavy atom. The van der Waals surface area contributed by atoms with E-state index in [4.69, 9.17) is 9.84 Å². The van der Waals surface area contributed by atoms with Gasteiger partial charge >= 0.3 is 5.97 Å². The fraction of sp³-hybridized carbons (Fsp3) is 0.222. The molecule has 0 aliphatic rings. The minimum atomic E-state index is -0.455. The number of aromatic hydroxyl groups is 1. The van der Waals surface area contributed by atoms with Crippen molar-refractivity contribution in [3.05, 3.63) is 24.3 Å². The zero-order chi connectivity index (χ0) is 9.68. The fourth-order valence-corrected chi connectivity index (χ4v) is 0.774. The summed E-state index contributed by atoms with van der Waals surface area (Å²) in [7, 11) is 1.29. The number of ether oxygens (including phenoxy) is 2. The van der Waals surface area contributed by atoms with Crippen LogP contribution in [0.2, 0.25) is 0 Å². The largest absolute Gasteiger partial charge is 0.508 e. The third kappa shape index (κ3) is 3.02. The van der Waals surface area contributed by atoms with E-state index in [0.717, 1.165) is 0 Å². The van der Waals surface area contributed by atoms with Crippen LogP contribution in [0.3, 0.4) is 0 Å². The number of carbonyl (C=O) groups is 1. The van der Waals surface area contributed by atoms with Crippen LogP contribution in [0.1, 0.15) is 0 Å². The normalized spacial score (nSPS) is 9.31. The standard InChI is InChI=1S/C9H10O4/c1-12-9(11)6-13-8-4-2-3-7(10)5-8/h2-5,10H,6H2,1H3. The van der Waals surface area contributed by atoms with E-state index in [9.17, 15) is 4.79 Å². The van der Waals surface area contributed by atoms with Gasteiger partial charge in [0.15, 0.2) is 6.61 Å². The van der Waals surface area contributed by atoms with E-state index in [0.29, 0.717) is 5.75 Å². The maximum absolute atomic E-state index is 10.7. The van der Waals surface area contributed by atoms with Crippen molar-refractivity contribution >= 4 is 5.97 Å². The van der Waals surface area contributed by atoms with Crippen molar-refractivity contribution in [2.75, 3.05) is 13.7 Å². The molecule has 0 spiro atoms. The number of phenols is 1. The third-order valence-corrected chi connectivity index (χ3v) is 1.40. The summed E-state index contributed by atoms with van der Waals surface area (Å²) in [6.07, 6.45) is 0.